The maximum atomic E-state index is 12.7. The van der Waals surface area contributed by atoms with Gasteiger partial charge in [-0.15, -0.1) is 0 Å². The van der Waals surface area contributed by atoms with E-state index in [1.54, 1.807) is 6.20 Å². The zero-order valence-electron chi connectivity index (χ0n) is 14.6. The molecule has 0 unspecified atom stereocenters. The van der Waals surface area contributed by atoms with Crippen LogP contribution < -0.4 is 5.32 Å². The molecule has 0 saturated carbocycles. The van der Waals surface area contributed by atoms with Crippen molar-refractivity contribution in [2.24, 2.45) is 5.92 Å². The van der Waals surface area contributed by atoms with Crippen molar-refractivity contribution < 1.29 is 13.2 Å². The van der Waals surface area contributed by atoms with E-state index in [4.69, 9.17) is 0 Å². The Balaban J connectivity index is 1.38. The molecule has 1 aromatic carbocycles. The molecule has 1 N–H and O–H groups in total. The molecular weight excluding hydrogens is 350 g/mol. The molecule has 6 nitrogen and oxygen atoms in total. The SMILES string of the molecule is O=C(Nc1cccc2cccnc12)C1CCN([C@@H]2CCS(=O)(=O)C2)CC1. The molecule has 0 aliphatic carbocycles. The van der Waals surface area contributed by atoms with Crippen LogP contribution in [0.15, 0.2) is 36.5 Å². The molecular formula is C19H23N3O3S. The van der Waals surface area contributed by atoms with Crippen LogP contribution in [0.3, 0.4) is 0 Å². The van der Waals surface area contributed by atoms with Crippen molar-refractivity contribution in [1.82, 2.24) is 9.88 Å². The predicted octanol–water partition coefficient (Wildman–Crippen LogP) is 2.07. The van der Waals surface area contributed by atoms with E-state index in [0.29, 0.717) is 5.75 Å². The summed E-state index contributed by atoms with van der Waals surface area (Å²) in [5.74, 6) is 0.558. The molecule has 2 aromatic rings. The lowest BCUT2D eigenvalue weighted by Crippen LogP contribution is -2.44. The van der Waals surface area contributed by atoms with Gasteiger partial charge in [0, 0.05) is 23.5 Å². The summed E-state index contributed by atoms with van der Waals surface area (Å²) in [5.41, 5.74) is 1.55. The molecule has 2 aliphatic heterocycles. The van der Waals surface area contributed by atoms with E-state index in [9.17, 15) is 13.2 Å². The van der Waals surface area contributed by atoms with Gasteiger partial charge in [-0.3, -0.25) is 14.7 Å². The molecule has 26 heavy (non-hydrogen) atoms. The van der Waals surface area contributed by atoms with Crippen molar-refractivity contribution in [2.45, 2.75) is 25.3 Å². The molecule has 2 fully saturated rings. The van der Waals surface area contributed by atoms with E-state index in [0.717, 1.165) is 48.9 Å². The Bertz CT molecular complexity index is 915. The number of anilines is 1. The monoisotopic (exact) mass is 373 g/mol. The Morgan fingerprint density at radius 2 is 1.88 bits per heavy atom. The first-order chi connectivity index (χ1) is 12.5. The number of carbonyl (C=O) groups is 1. The second-order valence-electron chi connectivity index (χ2n) is 7.24. The van der Waals surface area contributed by atoms with Crippen LogP contribution in [0.5, 0.6) is 0 Å². The number of rotatable bonds is 3. The number of fused-ring (bicyclic) bond motifs is 1. The van der Waals surface area contributed by atoms with Gasteiger partial charge in [0.05, 0.1) is 22.7 Å². The fraction of sp³-hybridized carbons (Fsp3) is 0.474. The third kappa shape index (κ3) is 3.59. The second kappa shape index (κ2) is 6.96. The van der Waals surface area contributed by atoms with Crippen LogP contribution >= 0.6 is 0 Å². The Morgan fingerprint density at radius 3 is 2.62 bits per heavy atom. The summed E-state index contributed by atoms with van der Waals surface area (Å²) in [5, 5.41) is 4.04. The highest BCUT2D eigenvalue weighted by Crippen LogP contribution is 2.26. The van der Waals surface area contributed by atoms with Gasteiger partial charge < -0.3 is 5.32 Å². The van der Waals surface area contributed by atoms with Crippen LogP contribution in [0.2, 0.25) is 0 Å². The smallest absolute Gasteiger partial charge is 0.227 e. The van der Waals surface area contributed by atoms with Crippen LogP contribution in [0, 0.1) is 5.92 Å². The number of aromatic nitrogens is 1. The highest BCUT2D eigenvalue weighted by Gasteiger charge is 2.35. The van der Waals surface area contributed by atoms with Gasteiger partial charge in [0.2, 0.25) is 5.91 Å². The van der Waals surface area contributed by atoms with Crippen molar-refractivity contribution in [1.29, 1.82) is 0 Å². The number of benzene rings is 1. The van der Waals surface area contributed by atoms with Crippen molar-refractivity contribution in [3.63, 3.8) is 0 Å². The molecule has 7 heteroatoms. The summed E-state index contributed by atoms with van der Waals surface area (Å²) in [6, 6.07) is 9.77. The molecule has 0 spiro atoms. The van der Waals surface area contributed by atoms with Gasteiger partial charge >= 0.3 is 0 Å². The maximum Gasteiger partial charge on any atom is 0.227 e. The Morgan fingerprint density at radius 1 is 1.12 bits per heavy atom. The van der Waals surface area contributed by atoms with Crippen molar-refractivity contribution in [3.05, 3.63) is 36.5 Å². The lowest BCUT2D eigenvalue weighted by Gasteiger charge is -2.34. The number of sulfone groups is 1. The lowest BCUT2D eigenvalue weighted by molar-refractivity contribution is -0.121. The number of hydrogen-bond acceptors (Lipinski definition) is 5. The number of likely N-dealkylation sites (tertiary alicyclic amines) is 1. The molecule has 2 aliphatic rings. The Hall–Kier alpha value is -1.99. The summed E-state index contributed by atoms with van der Waals surface area (Å²) in [6.07, 6.45) is 3.98. The van der Waals surface area contributed by atoms with Crippen LogP contribution in [0.1, 0.15) is 19.3 Å². The van der Waals surface area contributed by atoms with E-state index < -0.39 is 9.84 Å². The van der Waals surface area contributed by atoms with Crippen molar-refractivity contribution in [2.75, 3.05) is 29.9 Å². The minimum Gasteiger partial charge on any atom is -0.324 e. The number of hydrogen-bond donors (Lipinski definition) is 1. The molecule has 0 radical (unpaired) electrons. The van der Waals surface area contributed by atoms with E-state index >= 15 is 0 Å². The maximum absolute atomic E-state index is 12.7. The number of nitrogens with zero attached hydrogens (tertiary/aromatic N) is 2. The number of piperidine rings is 1. The molecule has 138 valence electrons. The van der Waals surface area contributed by atoms with E-state index in [2.05, 4.69) is 15.2 Å². The average Bonchev–Trinajstić information content (AvgIpc) is 3.02. The molecule has 4 rings (SSSR count). The van der Waals surface area contributed by atoms with Gasteiger partial charge in [0.15, 0.2) is 9.84 Å². The molecule has 3 heterocycles. The average molecular weight is 373 g/mol. The van der Waals surface area contributed by atoms with Crippen LogP contribution in [-0.2, 0) is 14.6 Å². The third-order valence-corrected chi connectivity index (χ3v) is 7.27. The first-order valence-electron chi connectivity index (χ1n) is 9.11. The first-order valence-corrected chi connectivity index (χ1v) is 10.9. The lowest BCUT2D eigenvalue weighted by atomic mass is 9.94. The van der Waals surface area contributed by atoms with Gasteiger partial charge in [0.25, 0.3) is 0 Å². The largest absolute Gasteiger partial charge is 0.324 e. The topological polar surface area (TPSA) is 79.4 Å². The number of para-hydroxylation sites is 1. The zero-order valence-corrected chi connectivity index (χ0v) is 15.4. The Labute approximate surface area is 153 Å². The van der Waals surface area contributed by atoms with Crippen molar-refractivity contribution in [3.8, 4) is 0 Å². The summed E-state index contributed by atoms with van der Waals surface area (Å²) in [7, 11) is -2.86. The molecule has 1 aromatic heterocycles. The number of amides is 1. The standard InChI is InChI=1S/C19H23N3O3S/c23-19(21-17-5-1-3-14-4-2-9-20-18(14)17)15-6-10-22(11-7-15)16-8-12-26(24,25)13-16/h1-5,9,15-16H,6-8,10-13H2,(H,21,23)/t16-/m1/s1. The fourth-order valence-corrected chi connectivity index (χ4v) is 5.79. The quantitative estimate of drug-likeness (QED) is 0.891. The molecule has 1 atom stereocenters. The third-order valence-electron chi connectivity index (χ3n) is 5.52. The highest BCUT2D eigenvalue weighted by atomic mass is 32.2. The number of nitrogens with one attached hydrogen (secondary N) is 1. The van der Waals surface area contributed by atoms with Crippen molar-refractivity contribution >= 4 is 32.3 Å². The normalized spacial score (nSPS) is 23.9. The van der Waals surface area contributed by atoms with E-state index in [1.165, 1.54) is 0 Å². The second-order valence-corrected chi connectivity index (χ2v) is 9.47. The van der Waals surface area contributed by atoms with Gasteiger partial charge in [0.1, 0.15) is 0 Å². The Kier molecular flexibility index (Phi) is 4.67. The molecule has 1 amide bonds. The molecule has 2 saturated heterocycles. The van der Waals surface area contributed by atoms with Gasteiger partial charge in [-0.25, -0.2) is 8.42 Å². The van der Waals surface area contributed by atoms with Gasteiger partial charge in [-0.1, -0.05) is 18.2 Å². The minimum absolute atomic E-state index is 0.0295. The summed E-state index contributed by atoms with van der Waals surface area (Å²) >= 11 is 0. The van der Waals surface area contributed by atoms with Crippen LogP contribution in [0.25, 0.3) is 10.9 Å². The van der Waals surface area contributed by atoms with Gasteiger partial charge in [-0.05, 0) is 44.5 Å². The van der Waals surface area contributed by atoms with E-state index in [1.807, 2.05) is 30.3 Å². The minimum atomic E-state index is -2.86. The van der Waals surface area contributed by atoms with Gasteiger partial charge in [-0.2, -0.15) is 0 Å². The summed E-state index contributed by atoms with van der Waals surface area (Å²) in [4.78, 5) is 19.3. The number of carbonyl (C=O) groups excluding carboxylic acids is 1. The summed E-state index contributed by atoms with van der Waals surface area (Å²) < 4.78 is 23.3. The predicted molar refractivity (Wildman–Crippen MR) is 102 cm³/mol. The molecule has 0 bridgehead atoms. The van der Waals surface area contributed by atoms with Crippen LogP contribution in [0.4, 0.5) is 5.69 Å². The zero-order chi connectivity index (χ0) is 18.1. The fourth-order valence-electron chi connectivity index (χ4n) is 4.03. The highest BCUT2D eigenvalue weighted by molar-refractivity contribution is 7.91. The first kappa shape index (κ1) is 17.4. The van der Waals surface area contributed by atoms with Crippen LogP contribution in [-0.4, -0.2) is 54.8 Å². The van der Waals surface area contributed by atoms with E-state index in [-0.39, 0.29) is 23.6 Å². The number of pyridine rings is 1. The summed E-state index contributed by atoms with van der Waals surface area (Å²) in [6.45, 7) is 1.57.